The number of nitrogens with zero attached hydrogens (tertiary/aromatic N) is 4. The number of pyridine rings is 1. The van der Waals surface area contributed by atoms with Gasteiger partial charge in [-0.25, -0.2) is 4.98 Å². The molecule has 1 atom stereocenters. The molecule has 1 saturated heterocycles. The molecule has 158 valence electrons. The summed E-state index contributed by atoms with van der Waals surface area (Å²) in [6.45, 7) is 0.846. The maximum Gasteiger partial charge on any atom is 0.290 e. The van der Waals surface area contributed by atoms with E-state index < -0.39 is 0 Å². The van der Waals surface area contributed by atoms with E-state index in [0.717, 1.165) is 41.9 Å². The van der Waals surface area contributed by atoms with Crippen LogP contribution in [0, 0.1) is 0 Å². The van der Waals surface area contributed by atoms with Crippen LogP contribution in [0.4, 0.5) is 0 Å². The fourth-order valence-corrected chi connectivity index (χ4v) is 5.48. The van der Waals surface area contributed by atoms with Crippen LogP contribution < -0.4 is 10.9 Å². The molecule has 0 bridgehead atoms. The standard InChI is InChI=1S/C21H25N5O3S/c1-24-8-6-22-18(24)21(29)25-7-4-16-13(10-25)11-26(15-2-3-15)20(28)17(16)19(27)23-14-5-9-30-12-14/h6,8,11,14-15H,2-5,7,9-10,12H2,1H3,(H,23,27). The third-order valence-corrected chi connectivity index (χ3v) is 7.32. The first kappa shape index (κ1) is 19.4. The molecule has 9 heteroatoms. The lowest BCUT2D eigenvalue weighted by atomic mass is 9.95. The molecule has 2 aromatic heterocycles. The topological polar surface area (TPSA) is 89.2 Å². The van der Waals surface area contributed by atoms with Gasteiger partial charge in [0.1, 0.15) is 5.56 Å². The lowest BCUT2D eigenvalue weighted by Gasteiger charge is -2.30. The zero-order valence-corrected chi connectivity index (χ0v) is 17.8. The normalized spacial score (nSPS) is 20.8. The van der Waals surface area contributed by atoms with Gasteiger partial charge in [-0.15, -0.1) is 0 Å². The summed E-state index contributed by atoms with van der Waals surface area (Å²) >= 11 is 1.82. The lowest BCUT2D eigenvalue weighted by molar-refractivity contribution is 0.0718. The van der Waals surface area contributed by atoms with E-state index in [4.69, 9.17) is 0 Å². The number of amides is 2. The van der Waals surface area contributed by atoms with Crippen LogP contribution in [-0.4, -0.2) is 54.9 Å². The Balaban J connectivity index is 1.48. The van der Waals surface area contributed by atoms with Crippen LogP contribution >= 0.6 is 11.8 Å². The molecule has 2 aliphatic heterocycles. The first-order valence-corrected chi connectivity index (χ1v) is 11.6. The number of thioether (sulfide) groups is 1. The van der Waals surface area contributed by atoms with E-state index in [1.54, 1.807) is 33.5 Å². The Morgan fingerprint density at radius 2 is 2.10 bits per heavy atom. The van der Waals surface area contributed by atoms with Crippen molar-refractivity contribution in [1.82, 2.24) is 24.3 Å². The van der Waals surface area contributed by atoms with Gasteiger partial charge in [-0.1, -0.05) is 0 Å². The molecule has 1 aliphatic carbocycles. The highest BCUT2D eigenvalue weighted by molar-refractivity contribution is 7.99. The largest absolute Gasteiger partial charge is 0.348 e. The minimum Gasteiger partial charge on any atom is -0.348 e. The molecule has 0 spiro atoms. The predicted molar refractivity (Wildman–Crippen MR) is 114 cm³/mol. The fourth-order valence-electron chi connectivity index (χ4n) is 4.33. The zero-order chi connectivity index (χ0) is 20.8. The second-order valence-electron chi connectivity index (χ2n) is 8.32. The molecule has 8 nitrogen and oxygen atoms in total. The van der Waals surface area contributed by atoms with Gasteiger partial charge in [0.05, 0.1) is 0 Å². The number of aryl methyl sites for hydroxylation is 1. The second kappa shape index (κ2) is 7.61. The van der Waals surface area contributed by atoms with Gasteiger partial charge >= 0.3 is 0 Å². The minimum absolute atomic E-state index is 0.122. The first-order valence-electron chi connectivity index (χ1n) is 10.4. The van der Waals surface area contributed by atoms with Crippen molar-refractivity contribution >= 4 is 23.6 Å². The fraction of sp³-hybridized carbons (Fsp3) is 0.524. The van der Waals surface area contributed by atoms with E-state index in [1.165, 1.54) is 0 Å². The monoisotopic (exact) mass is 427 g/mol. The average Bonchev–Trinajstić information content (AvgIpc) is 3.28. The summed E-state index contributed by atoms with van der Waals surface area (Å²) in [7, 11) is 1.80. The van der Waals surface area contributed by atoms with Crippen LogP contribution in [0.3, 0.4) is 0 Å². The number of imidazole rings is 1. The van der Waals surface area contributed by atoms with Crippen molar-refractivity contribution in [3.05, 3.63) is 51.5 Å². The van der Waals surface area contributed by atoms with Crippen molar-refractivity contribution in [2.75, 3.05) is 18.1 Å². The van der Waals surface area contributed by atoms with Gasteiger partial charge in [-0.3, -0.25) is 14.4 Å². The summed E-state index contributed by atoms with van der Waals surface area (Å²) < 4.78 is 3.42. The van der Waals surface area contributed by atoms with E-state index >= 15 is 0 Å². The lowest BCUT2D eigenvalue weighted by Crippen LogP contribution is -2.43. The number of rotatable bonds is 4. The second-order valence-corrected chi connectivity index (χ2v) is 9.47. The maximum atomic E-state index is 13.2. The molecule has 0 radical (unpaired) electrons. The number of nitrogens with one attached hydrogen (secondary N) is 1. The molecule has 30 heavy (non-hydrogen) atoms. The van der Waals surface area contributed by atoms with Gasteiger partial charge in [0.2, 0.25) is 0 Å². The molecule has 0 aromatic carbocycles. The number of fused-ring (bicyclic) bond motifs is 1. The van der Waals surface area contributed by atoms with Crippen molar-refractivity contribution in [2.24, 2.45) is 7.05 Å². The highest BCUT2D eigenvalue weighted by Gasteiger charge is 2.33. The quantitative estimate of drug-likeness (QED) is 0.796. The number of carbonyl (C=O) groups is 2. The van der Waals surface area contributed by atoms with Crippen LogP contribution in [0.1, 0.15) is 57.4 Å². The minimum atomic E-state index is -0.261. The summed E-state index contributed by atoms with van der Waals surface area (Å²) in [4.78, 5) is 45.1. The molecule has 2 fully saturated rings. The number of carbonyl (C=O) groups excluding carboxylic acids is 2. The average molecular weight is 428 g/mol. The van der Waals surface area contributed by atoms with Crippen LogP contribution in [-0.2, 0) is 20.0 Å². The number of hydrogen-bond acceptors (Lipinski definition) is 5. The van der Waals surface area contributed by atoms with E-state index in [9.17, 15) is 14.4 Å². The van der Waals surface area contributed by atoms with Crippen molar-refractivity contribution in [1.29, 1.82) is 0 Å². The summed E-state index contributed by atoms with van der Waals surface area (Å²) in [5, 5.41) is 3.07. The van der Waals surface area contributed by atoms with Crippen molar-refractivity contribution in [3.63, 3.8) is 0 Å². The number of aromatic nitrogens is 3. The van der Waals surface area contributed by atoms with E-state index in [2.05, 4.69) is 10.3 Å². The van der Waals surface area contributed by atoms with Gasteiger partial charge < -0.3 is 19.4 Å². The molecule has 2 aromatic rings. The van der Waals surface area contributed by atoms with Gasteiger partial charge in [0.25, 0.3) is 17.4 Å². The zero-order valence-electron chi connectivity index (χ0n) is 17.0. The van der Waals surface area contributed by atoms with E-state index in [0.29, 0.717) is 25.3 Å². The third kappa shape index (κ3) is 3.45. The Labute approximate surface area is 178 Å². The summed E-state index contributed by atoms with van der Waals surface area (Å²) in [6.07, 6.45) is 8.57. The Kier molecular flexibility index (Phi) is 4.92. The van der Waals surface area contributed by atoms with Crippen LogP contribution in [0.2, 0.25) is 0 Å². The molecule has 4 heterocycles. The molecule has 1 saturated carbocycles. The highest BCUT2D eigenvalue weighted by atomic mass is 32.2. The Bertz CT molecular complexity index is 1070. The summed E-state index contributed by atoms with van der Waals surface area (Å²) in [5.74, 6) is 1.93. The Hall–Kier alpha value is -2.55. The van der Waals surface area contributed by atoms with Gasteiger partial charge in [-0.05, 0) is 42.6 Å². The Morgan fingerprint density at radius 1 is 1.27 bits per heavy atom. The summed E-state index contributed by atoms with van der Waals surface area (Å²) in [6, 6.07) is 0.286. The van der Waals surface area contributed by atoms with Gasteiger partial charge in [-0.2, -0.15) is 11.8 Å². The van der Waals surface area contributed by atoms with Crippen molar-refractivity contribution in [3.8, 4) is 0 Å². The molecular weight excluding hydrogens is 402 g/mol. The van der Waals surface area contributed by atoms with E-state index in [1.807, 2.05) is 18.0 Å². The maximum absolute atomic E-state index is 13.2. The molecule has 1 unspecified atom stereocenters. The Morgan fingerprint density at radius 3 is 2.77 bits per heavy atom. The highest BCUT2D eigenvalue weighted by Crippen LogP contribution is 2.35. The van der Waals surface area contributed by atoms with Gasteiger partial charge in [0.15, 0.2) is 5.82 Å². The van der Waals surface area contributed by atoms with Crippen molar-refractivity contribution in [2.45, 2.75) is 44.3 Å². The van der Waals surface area contributed by atoms with E-state index in [-0.39, 0.29) is 35.0 Å². The van der Waals surface area contributed by atoms with Crippen LogP contribution in [0.25, 0.3) is 0 Å². The van der Waals surface area contributed by atoms with Crippen molar-refractivity contribution < 1.29 is 9.59 Å². The molecule has 3 aliphatic rings. The molecule has 5 rings (SSSR count). The molecular formula is C21H25N5O3S. The smallest absolute Gasteiger partial charge is 0.290 e. The molecule has 2 amide bonds. The first-order chi connectivity index (χ1) is 14.5. The summed E-state index contributed by atoms with van der Waals surface area (Å²) in [5.41, 5.74) is 1.77. The van der Waals surface area contributed by atoms with Crippen LogP contribution in [0.15, 0.2) is 23.4 Å². The predicted octanol–water partition coefficient (Wildman–Crippen LogP) is 1.35. The SMILES string of the molecule is Cn1ccnc1C(=O)N1CCc2c(cn(C3CC3)c(=O)c2C(=O)NC2CCSC2)C1. The number of hydrogen-bond donors (Lipinski definition) is 1. The molecule has 1 N–H and O–H groups in total. The third-order valence-electron chi connectivity index (χ3n) is 6.16. The van der Waals surface area contributed by atoms with Gasteiger partial charge in [0, 0.05) is 56.6 Å². The van der Waals surface area contributed by atoms with Crippen LogP contribution in [0.5, 0.6) is 0 Å².